The van der Waals surface area contributed by atoms with E-state index < -0.39 is 11.9 Å². The Labute approximate surface area is 109 Å². The summed E-state index contributed by atoms with van der Waals surface area (Å²) in [5, 5.41) is 19.0. The number of halogens is 1. The lowest BCUT2D eigenvalue weighted by atomic mass is 9.99. The molecule has 0 aliphatic carbocycles. The van der Waals surface area contributed by atoms with E-state index in [4.69, 9.17) is 26.2 Å². The molecule has 0 bridgehead atoms. The standard InChI is InChI=1S/C12H13ClO5/c1-6(12(15)16)4-7-10(14)8(13)5-9-11(7)18-3-2-17-9/h5-6,14H,2-4H2,1H3,(H,15,16). The molecule has 0 saturated heterocycles. The first kappa shape index (κ1) is 12.8. The van der Waals surface area contributed by atoms with Gasteiger partial charge in [-0.05, 0) is 6.42 Å². The average molecular weight is 273 g/mol. The Morgan fingerprint density at radius 3 is 2.83 bits per heavy atom. The molecule has 1 atom stereocenters. The number of rotatable bonds is 3. The van der Waals surface area contributed by atoms with Crippen LogP contribution in [0.5, 0.6) is 17.2 Å². The molecular weight excluding hydrogens is 260 g/mol. The number of ether oxygens (including phenoxy) is 2. The molecule has 18 heavy (non-hydrogen) atoms. The summed E-state index contributed by atoms with van der Waals surface area (Å²) in [6.07, 6.45) is 0.132. The fraction of sp³-hybridized carbons (Fsp3) is 0.417. The van der Waals surface area contributed by atoms with E-state index in [0.717, 1.165) is 0 Å². The van der Waals surface area contributed by atoms with Crippen LogP contribution < -0.4 is 9.47 Å². The minimum absolute atomic E-state index is 0.131. The first-order valence-corrected chi connectivity index (χ1v) is 5.91. The second-order valence-electron chi connectivity index (χ2n) is 4.15. The van der Waals surface area contributed by atoms with E-state index in [1.807, 2.05) is 0 Å². The van der Waals surface area contributed by atoms with Crippen LogP contribution in [0.1, 0.15) is 12.5 Å². The average Bonchev–Trinajstić information content (AvgIpc) is 2.34. The molecule has 2 rings (SSSR count). The van der Waals surface area contributed by atoms with Crippen molar-refractivity contribution in [3.8, 4) is 17.2 Å². The quantitative estimate of drug-likeness (QED) is 0.881. The Morgan fingerprint density at radius 2 is 2.17 bits per heavy atom. The lowest BCUT2D eigenvalue weighted by molar-refractivity contribution is -0.141. The summed E-state index contributed by atoms with van der Waals surface area (Å²) >= 11 is 5.88. The molecule has 6 heteroatoms. The van der Waals surface area contributed by atoms with Gasteiger partial charge in [0.2, 0.25) is 0 Å². The highest BCUT2D eigenvalue weighted by atomic mass is 35.5. The van der Waals surface area contributed by atoms with Gasteiger partial charge in [0.05, 0.1) is 10.9 Å². The van der Waals surface area contributed by atoms with Crippen LogP contribution in [0.15, 0.2) is 6.07 Å². The zero-order valence-corrected chi connectivity index (χ0v) is 10.5. The van der Waals surface area contributed by atoms with E-state index in [-0.39, 0.29) is 17.2 Å². The smallest absolute Gasteiger partial charge is 0.306 e. The maximum atomic E-state index is 10.9. The summed E-state index contributed by atoms with van der Waals surface area (Å²) in [5.41, 5.74) is 0.382. The highest BCUT2D eigenvalue weighted by Crippen LogP contribution is 2.44. The predicted octanol–water partition coefficient (Wildman–Crippen LogP) is 2.08. The highest BCUT2D eigenvalue weighted by Gasteiger charge is 2.25. The number of hydrogen-bond acceptors (Lipinski definition) is 4. The zero-order valence-electron chi connectivity index (χ0n) is 9.77. The van der Waals surface area contributed by atoms with Gasteiger partial charge in [-0.15, -0.1) is 0 Å². The number of carboxylic acid groups (broad SMARTS) is 1. The largest absolute Gasteiger partial charge is 0.506 e. The number of phenols is 1. The van der Waals surface area contributed by atoms with Crippen molar-refractivity contribution in [3.05, 3.63) is 16.7 Å². The fourth-order valence-corrected chi connectivity index (χ4v) is 2.01. The number of phenolic OH excluding ortho intramolecular Hbond substituents is 1. The Balaban J connectivity index is 2.43. The Kier molecular flexibility index (Phi) is 3.52. The summed E-state index contributed by atoms with van der Waals surface area (Å²) < 4.78 is 10.8. The van der Waals surface area contributed by atoms with Crippen molar-refractivity contribution in [1.29, 1.82) is 0 Å². The molecule has 2 N–H and O–H groups in total. The summed E-state index contributed by atoms with van der Waals surface area (Å²) in [7, 11) is 0. The van der Waals surface area contributed by atoms with Gasteiger partial charge < -0.3 is 19.7 Å². The number of carbonyl (C=O) groups is 1. The van der Waals surface area contributed by atoms with Crippen molar-refractivity contribution in [2.24, 2.45) is 5.92 Å². The molecule has 1 aromatic rings. The second kappa shape index (κ2) is 4.94. The van der Waals surface area contributed by atoms with Crippen LogP contribution in [0.2, 0.25) is 5.02 Å². The first-order valence-electron chi connectivity index (χ1n) is 5.53. The highest BCUT2D eigenvalue weighted by molar-refractivity contribution is 6.32. The van der Waals surface area contributed by atoms with Gasteiger partial charge in [-0.1, -0.05) is 18.5 Å². The molecule has 1 aliphatic rings. The SMILES string of the molecule is CC(Cc1c(O)c(Cl)cc2c1OCCO2)C(=O)O. The molecule has 1 unspecified atom stereocenters. The van der Waals surface area contributed by atoms with E-state index in [1.165, 1.54) is 6.07 Å². The van der Waals surface area contributed by atoms with Gasteiger partial charge in [-0.3, -0.25) is 4.79 Å². The summed E-state index contributed by atoms with van der Waals surface area (Å²) in [4.78, 5) is 10.9. The van der Waals surface area contributed by atoms with Crippen molar-refractivity contribution in [2.45, 2.75) is 13.3 Å². The predicted molar refractivity (Wildman–Crippen MR) is 64.6 cm³/mol. The van der Waals surface area contributed by atoms with Crippen LogP contribution in [0, 0.1) is 5.92 Å². The zero-order chi connectivity index (χ0) is 13.3. The third-order valence-electron chi connectivity index (χ3n) is 2.79. The van der Waals surface area contributed by atoms with Crippen molar-refractivity contribution in [3.63, 3.8) is 0 Å². The first-order chi connectivity index (χ1) is 8.50. The summed E-state index contributed by atoms with van der Waals surface area (Å²) in [6, 6.07) is 1.47. The third-order valence-corrected chi connectivity index (χ3v) is 3.08. The van der Waals surface area contributed by atoms with Gasteiger partial charge in [-0.2, -0.15) is 0 Å². The Hall–Kier alpha value is -1.62. The molecule has 1 aromatic carbocycles. The Bertz CT molecular complexity index is 486. The van der Waals surface area contributed by atoms with Crippen molar-refractivity contribution < 1.29 is 24.5 Å². The van der Waals surface area contributed by atoms with Gasteiger partial charge in [-0.25, -0.2) is 0 Å². The number of hydrogen-bond donors (Lipinski definition) is 2. The molecule has 0 spiro atoms. The summed E-state index contributed by atoms with van der Waals surface area (Å²) in [5.74, 6) is -0.911. The van der Waals surface area contributed by atoms with Crippen molar-refractivity contribution in [2.75, 3.05) is 13.2 Å². The van der Waals surface area contributed by atoms with Crippen LogP contribution in [-0.2, 0) is 11.2 Å². The molecule has 0 aromatic heterocycles. The van der Waals surface area contributed by atoms with Crippen molar-refractivity contribution in [1.82, 2.24) is 0 Å². The molecule has 98 valence electrons. The molecule has 0 saturated carbocycles. The van der Waals surface area contributed by atoms with Gasteiger partial charge in [0.15, 0.2) is 11.5 Å². The van der Waals surface area contributed by atoms with Crippen LogP contribution in [0.4, 0.5) is 0 Å². The lowest BCUT2D eigenvalue weighted by Gasteiger charge is -2.23. The number of aliphatic carboxylic acids is 1. The maximum Gasteiger partial charge on any atom is 0.306 e. The molecule has 0 amide bonds. The van der Waals surface area contributed by atoms with Crippen LogP contribution in [0.25, 0.3) is 0 Å². The Morgan fingerprint density at radius 1 is 1.50 bits per heavy atom. The van der Waals surface area contributed by atoms with E-state index in [9.17, 15) is 9.90 Å². The van der Waals surface area contributed by atoms with Gasteiger partial charge in [0.25, 0.3) is 0 Å². The number of fused-ring (bicyclic) bond motifs is 1. The summed E-state index contributed by atoms with van der Waals surface area (Å²) in [6.45, 7) is 2.32. The maximum absolute atomic E-state index is 10.9. The molecule has 0 fully saturated rings. The van der Waals surface area contributed by atoms with Crippen LogP contribution in [0.3, 0.4) is 0 Å². The van der Waals surface area contributed by atoms with E-state index in [2.05, 4.69) is 0 Å². The van der Waals surface area contributed by atoms with Crippen LogP contribution in [-0.4, -0.2) is 29.4 Å². The lowest BCUT2D eigenvalue weighted by Crippen LogP contribution is -2.19. The monoisotopic (exact) mass is 272 g/mol. The third kappa shape index (κ3) is 2.31. The minimum atomic E-state index is -0.945. The molecular formula is C12H13ClO5. The van der Waals surface area contributed by atoms with E-state index in [1.54, 1.807) is 6.92 Å². The minimum Gasteiger partial charge on any atom is -0.506 e. The molecule has 0 radical (unpaired) electrons. The number of carboxylic acids is 1. The van der Waals surface area contributed by atoms with E-state index in [0.29, 0.717) is 30.3 Å². The van der Waals surface area contributed by atoms with Crippen LogP contribution >= 0.6 is 11.6 Å². The normalized spacial score (nSPS) is 15.2. The number of aromatic hydroxyl groups is 1. The van der Waals surface area contributed by atoms with Gasteiger partial charge in [0.1, 0.15) is 19.0 Å². The second-order valence-corrected chi connectivity index (χ2v) is 4.56. The topological polar surface area (TPSA) is 76.0 Å². The molecule has 1 aliphatic heterocycles. The molecule has 1 heterocycles. The van der Waals surface area contributed by atoms with Gasteiger partial charge >= 0.3 is 5.97 Å². The van der Waals surface area contributed by atoms with E-state index >= 15 is 0 Å². The van der Waals surface area contributed by atoms with Crippen molar-refractivity contribution >= 4 is 17.6 Å². The molecule has 5 nitrogen and oxygen atoms in total. The van der Waals surface area contributed by atoms with Gasteiger partial charge in [0, 0.05) is 11.6 Å². The fourth-order valence-electron chi connectivity index (χ4n) is 1.79. The number of benzene rings is 1.